The number of nitrogens with one attached hydrogen (secondary N) is 2. The molecular formula is C17H18N2O5S. The van der Waals surface area contributed by atoms with Gasteiger partial charge in [-0.3, -0.25) is 13.8 Å². The molecular weight excluding hydrogens is 344 g/mol. The van der Waals surface area contributed by atoms with Crippen LogP contribution in [0.25, 0.3) is 0 Å². The molecule has 0 aliphatic rings. The van der Waals surface area contributed by atoms with Gasteiger partial charge in [0, 0.05) is 23.9 Å². The molecule has 0 radical (unpaired) electrons. The highest BCUT2D eigenvalue weighted by molar-refractivity contribution is 7.85. The van der Waals surface area contributed by atoms with E-state index in [1.54, 1.807) is 48.5 Å². The second kappa shape index (κ2) is 7.91. The van der Waals surface area contributed by atoms with E-state index in [0.29, 0.717) is 22.5 Å². The summed E-state index contributed by atoms with van der Waals surface area (Å²) < 4.78 is 27.1. The van der Waals surface area contributed by atoms with Gasteiger partial charge in [-0.15, -0.1) is 0 Å². The van der Waals surface area contributed by atoms with E-state index < -0.39 is 10.1 Å². The maximum atomic E-state index is 12.3. The van der Waals surface area contributed by atoms with Crippen molar-refractivity contribution in [2.45, 2.75) is 13.5 Å². The zero-order valence-electron chi connectivity index (χ0n) is 13.8. The Morgan fingerprint density at radius 3 is 2.16 bits per heavy atom. The van der Waals surface area contributed by atoms with E-state index in [-0.39, 0.29) is 18.4 Å². The van der Waals surface area contributed by atoms with Crippen molar-refractivity contribution in [2.24, 2.45) is 0 Å². The van der Waals surface area contributed by atoms with Gasteiger partial charge in [0.1, 0.15) is 0 Å². The molecule has 2 N–H and O–H groups in total. The van der Waals surface area contributed by atoms with Gasteiger partial charge in [-0.05, 0) is 35.9 Å². The molecule has 0 bridgehead atoms. The van der Waals surface area contributed by atoms with Crippen LogP contribution in [0.4, 0.5) is 11.4 Å². The third-order valence-corrected chi connectivity index (χ3v) is 3.59. The first kappa shape index (κ1) is 18.6. The van der Waals surface area contributed by atoms with Crippen LogP contribution < -0.4 is 10.6 Å². The SMILES string of the molecule is CC(=O)Nc1cc(COS(C)(=O)=O)cc(NC(=O)c2ccccc2)c1. The summed E-state index contributed by atoms with van der Waals surface area (Å²) in [4.78, 5) is 23.5. The van der Waals surface area contributed by atoms with Crippen molar-refractivity contribution in [3.8, 4) is 0 Å². The minimum Gasteiger partial charge on any atom is -0.326 e. The van der Waals surface area contributed by atoms with Gasteiger partial charge in [0.05, 0.1) is 12.9 Å². The average Bonchev–Trinajstić information content (AvgIpc) is 2.52. The van der Waals surface area contributed by atoms with Crippen LogP contribution in [0, 0.1) is 0 Å². The molecule has 2 amide bonds. The van der Waals surface area contributed by atoms with Crippen LogP contribution in [-0.2, 0) is 25.7 Å². The Hall–Kier alpha value is -2.71. The van der Waals surface area contributed by atoms with Crippen LogP contribution in [-0.4, -0.2) is 26.5 Å². The van der Waals surface area contributed by atoms with E-state index in [2.05, 4.69) is 10.6 Å². The van der Waals surface area contributed by atoms with Gasteiger partial charge < -0.3 is 10.6 Å². The number of hydrogen-bond acceptors (Lipinski definition) is 5. The third kappa shape index (κ3) is 6.36. The Morgan fingerprint density at radius 1 is 1.00 bits per heavy atom. The molecule has 0 aliphatic carbocycles. The molecule has 2 aromatic carbocycles. The summed E-state index contributed by atoms with van der Waals surface area (Å²) in [6.07, 6.45) is 0.947. The van der Waals surface area contributed by atoms with Gasteiger partial charge >= 0.3 is 0 Å². The van der Waals surface area contributed by atoms with Crippen LogP contribution in [0.5, 0.6) is 0 Å². The summed E-state index contributed by atoms with van der Waals surface area (Å²) in [6, 6.07) is 13.4. The van der Waals surface area contributed by atoms with Crippen LogP contribution in [0.1, 0.15) is 22.8 Å². The highest BCUT2D eigenvalue weighted by Crippen LogP contribution is 2.21. The average molecular weight is 362 g/mol. The Balaban J connectivity index is 2.25. The fraction of sp³-hybridized carbons (Fsp3) is 0.176. The Labute approximate surface area is 146 Å². The van der Waals surface area contributed by atoms with Gasteiger partial charge in [0.25, 0.3) is 16.0 Å². The number of hydrogen-bond donors (Lipinski definition) is 2. The smallest absolute Gasteiger partial charge is 0.264 e. The minimum absolute atomic E-state index is 0.208. The first-order valence-corrected chi connectivity index (χ1v) is 9.17. The highest BCUT2D eigenvalue weighted by atomic mass is 32.2. The molecule has 0 atom stereocenters. The van der Waals surface area contributed by atoms with Crippen molar-refractivity contribution in [3.05, 3.63) is 59.7 Å². The molecule has 0 saturated heterocycles. The number of anilines is 2. The van der Waals surface area contributed by atoms with Gasteiger partial charge in [-0.1, -0.05) is 18.2 Å². The molecule has 7 nitrogen and oxygen atoms in total. The first-order valence-electron chi connectivity index (χ1n) is 7.35. The summed E-state index contributed by atoms with van der Waals surface area (Å²) in [5, 5.41) is 5.31. The van der Waals surface area contributed by atoms with E-state index in [0.717, 1.165) is 6.26 Å². The second-order valence-electron chi connectivity index (χ2n) is 5.39. The predicted molar refractivity (Wildman–Crippen MR) is 94.8 cm³/mol. The molecule has 2 rings (SSSR count). The van der Waals surface area contributed by atoms with Crippen molar-refractivity contribution in [3.63, 3.8) is 0 Å². The Bertz CT molecular complexity index is 879. The molecule has 0 saturated carbocycles. The second-order valence-corrected chi connectivity index (χ2v) is 7.03. The van der Waals surface area contributed by atoms with Crippen LogP contribution in [0.2, 0.25) is 0 Å². The zero-order chi connectivity index (χ0) is 18.4. The van der Waals surface area contributed by atoms with Crippen LogP contribution in [0.15, 0.2) is 48.5 Å². The fourth-order valence-electron chi connectivity index (χ4n) is 2.09. The number of amides is 2. The number of rotatable bonds is 6. The molecule has 25 heavy (non-hydrogen) atoms. The molecule has 0 aliphatic heterocycles. The number of benzene rings is 2. The monoisotopic (exact) mass is 362 g/mol. The molecule has 0 spiro atoms. The zero-order valence-corrected chi connectivity index (χ0v) is 14.6. The fourth-order valence-corrected chi connectivity index (χ4v) is 2.44. The van der Waals surface area contributed by atoms with Crippen LogP contribution >= 0.6 is 0 Å². The topological polar surface area (TPSA) is 102 Å². The van der Waals surface area contributed by atoms with E-state index in [4.69, 9.17) is 4.18 Å². The molecule has 0 fully saturated rings. The van der Waals surface area contributed by atoms with Crippen molar-refractivity contribution in [1.29, 1.82) is 0 Å². The number of carbonyl (C=O) groups excluding carboxylic acids is 2. The van der Waals surface area contributed by atoms with Crippen LogP contribution in [0.3, 0.4) is 0 Å². The summed E-state index contributed by atoms with van der Waals surface area (Å²) in [5.74, 6) is -0.614. The van der Waals surface area contributed by atoms with Crippen molar-refractivity contribution < 1.29 is 22.2 Å². The first-order chi connectivity index (χ1) is 11.7. The van der Waals surface area contributed by atoms with E-state index in [1.165, 1.54) is 6.92 Å². The van der Waals surface area contributed by atoms with E-state index in [1.807, 2.05) is 0 Å². The standard InChI is InChI=1S/C17H18N2O5S/c1-12(20)18-15-8-13(11-24-25(2,22)23)9-16(10-15)19-17(21)14-6-4-3-5-7-14/h3-10H,11H2,1-2H3,(H,18,20)(H,19,21). The third-order valence-electron chi connectivity index (χ3n) is 3.05. The Kier molecular flexibility index (Phi) is 5.89. The Morgan fingerprint density at radius 2 is 1.60 bits per heavy atom. The summed E-state index contributed by atoms with van der Waals surface area (Å²) in [6.45, 7) is 1.14. The lowest BCUT2D eigenvalue weighted by Gasteiger charge is -2.11. The summed E-state index contributed by atoms with van der Waals surface area (Å²) >= 11 is 0. The lowest BCUT2D eigenvalue weighted by atomic mass is 10.1. The molecule has 132 valence electrons. The minimum atomic E-state index is -3.61. The lowest BCUT2D eigenvalue weighted by Crippen LogP contribution is -2.13. The largest absolute Gasteiger partial charge is 0.326 e. The normalized spacial score (nSPS) is 11.0. The maximum absolute atomic E-state index is 12.3. The predicted octanol–water partition coefficient (Wildman–Crippen LogP) is 2.37. The number of carbonyl (C=O) groups is 2. The maximum Gasteiger partial charge on any atom is 0.264 e. The van der Waals surface area contributed by atoms with Gasteiger partial charge in [-0.25, -0.2) is 0 Å². The van der Waals surface area contributed by atoms with Crippen molar-refractivity contribution >= 4 is 33.3 Å². The quantitative estimate of drug-likeness (QED) is 0.768. The highest BCUT2D eigenvalue weighted by Gasteiger charge is 2.10. The van der Waals surface area contributed by atoms with Crippen molar-refractivity contribution in [1.82, 2.24) is 0 Å². The molecule has 0 heterocycles. The van der Waals surface area contributed by atoms with Gasteiger partial charge in [-0.2, -0.15) is 8.42 Å². The van der Waals surface area contributed by atoms with E-state index >= 15 is 0 Å². The lowest BCUT2D eigenvalue weighted by molar-refractivity contribution is -0.114. The van der Waals surface area contributed by atoms with E-state index in [9.17, 15) is 18.0 Å². The molecule has 2 aromatic rings. The molecule has 0 unspecified atom stereocenters. The molecule has 0 aromatic heterocycles. The van der Waals surface area contributed by atoms with Gasteiger partial charge in [0.2, 0.25) is 5.91 Å². The van der Waals surface area contributed by atoms with Gasteiger partial charge in [0.15, 0.2) is 0 Å². The molecule has 8 heteroatoms. The van der Waals surface area contributed by atoms with Crippen molar-refractivity contribution in [2.75, 3.05) is 16.9 Å². The summed E-state index contributed by atoms with van der Waals surface area (Å²) in [5.41, 5.74) is 1.79. The summed E-state index contributed by atoms with van der Waals surface area (Å²) in [7, 11) is -3.61.